The SMILES string of the molecule is BrCc1ccc2cc3ccc(CBr)cc3cc2c1. The summed E-state index contributed by atoms with van der Waals surface area (Å²) in [5.74, 6) is 0. The minimum absolute atomic E-state index is 0.905. The van der Waals surface area contributed by atoms with Crippen LogP contribution < -0.4 is 0 Å². The van der Waals surface area contributed by atoms with Crippen molar-refractivity contribution in [1.82, 2.24) is 0 Å². The fourth-order valence-electron chi connectivity index (χ4n) is 2.26. The Morgan fingerprint density at radius 1 is 0.556 bits per heavy atom. The van der Waals surface area contributed by atoms with Crippen molar-refractivity contribution in [3.8, 4) is 0 Å². The van der Waals surface area contributed by atoms with Gasteiger partial charge in [0.05, 0.1) is 0 Å². The molecule has 0 aliphatic heterocycles. The second-order valence-corrected chi connectivity index (χ2v) is 5.60. The van der Waals surface area contributed by atoms with E-state index in [0.717, 1.165) is 10.7 Å². The predicted molar refractivity (Wildman–Crippen MR) is 86.7 cm³/mol. The van der Waals surface area contributed by atoms with E-state index in [1.54, 1.807) is 0 Å². The molecule has 0 saturated heterocycles. The lowest BCUT2D eigenvalue weighted by Gasteiger charge is -2.05. The summed E-state index contributed by atoms with van der Waals surface area (Å²) in [7, 11) is 0. The van der Waals surface area contributed by atoms with Gasteiger partial charge < -0.3 is 0 Å². The molecule has 0 unspecified atom stereocenters. The molecule has 0 fully saturated rings. The van der Waals surface area contributed by atoms with Gasteiger partial charge in [0.15, 0.2) is 0 Å². The third-order valence-electron chi connectivity index (χ3n) is 3.23. The summed E-state index contributed by atoms with van der Waals surface area (Å²) in [5.41, 5.74) is 2.64. The lowest BCUT2D eigenvalue weighted by Crippen LogP contribution is -1.82. The van der Waals surface area contributed by atoms with Gasteiger partial charge in [0.2, 0.25) is 0 Å². The highest BCUT2D eigenvalue weighted by molar-refractivity contribution is 9.08. The number of fused-ring (bicyclic) bond motifs is 2. The van der Waals surface area contributed by atoms with Gasteiger partial charge in [0.1, 0.15) is 0 Å². The van der Waals surface area contributed by atoms with Crippen LogP contribution in [0.1, 0.15) is 11.1 Å². The molecular weight excluding hydrogens is 352 g/mol. The Bertz CT molecular complexity index is 658. The summed E-state index contributed by atoms with van der Waals surface area (Å²) in [5, 5.41) is 7.04. The zero-order valence-corrected chi connectivity index (χ0v) is 13.0. The summed E-state index contributed by atoms with van der Waals surface area (Å²) in [4.78, 5) is 0. The second-order valence-electron chi connectivity index (χ2n) is 4.48. The normalized spacial score (nSPS) is 11.2. The zero-order chi connectivity index (χ0) is 12.5. The summed E-state index contributed by atoms with van der Waals surface area (Å²) in [6.07, 6.45) is 0. The molecule has 0 spiro atoms. The number of hydrogen-bond acceptors (Lipinski definition) is 0. The maximum absolute atomic E-state index is 3.51. The van der Waals surface area contributed by atoms with Gasteiger partial charge in [-0.1, -0.05) is 68.3 Å². The number of benzene rings is 3. The fraction of sp³-hybridized carbons (Fsp3) is 0.125. The van der Waals surface area contributed by atoms with Crippen LogP contribution in [0.3, 0.4) is 0 Å². The van der Waals surface area contributed by atoms with Crippen molar-refractivity contribution in [2.24, 2.45) is 0 Å². The first-order valence-electron chi connectivity index (χ1n) is 5.87. The first kappa shape index (κ1) is 12.2. The van der Waals surface area contributed by atoms with Crippen molar-refractivity contribution < 1.29 is 0 Å². The minimum Gasteiger partial charge on any atom is -0.0876 e. The van der Waals surface area contributed by atoms with Crippen LogP contribution in [-0.4, -0.2) is 0 Å². The fourth-order valence-corrected chi connectivity index (χ4v) is 2.96. The van der Waals surface area contributed by atoms with Crippen molar-refractivity contribution in [3.63, 3.8) is 0 Å². The van der Waals surface area contributed by atoms with Gasteiger partial charge in [-0.25, -0.2) is 0 Å². The first-order valence-corrected chi connectivity index (χ1v) is 8.12. The minimum atomic E-state index is 0.905. The van der Waals surface area contributed by atoms with Crippen molar-refractivity contribution in [2.45, 2.75) is 10.7 Å². The number of rotatable bonds is 2. The topological polar surface area (TPSA) is 0 Å². The highest BCUT2D eigenvalue weighted by atomic mass is 79.9. The van der Waals surface area contributed by atoms with E-state index in [9.17, 15) is 0 Å². The van der Waals surface area contributed by atoms with Gasteiger partial charge in [0.25, 0.3) is 0 Å². The Kier molecular flexibility index (Phi) is 3.40. The molecule has 0 N–H and O–H groups in total. The van der Waals surface area contributed by atoms with Crippen LogP contribution in [0.25, 0.3) is 21.5 Å². The van der Waals surface area contributed by atoms with Crippen LogP contribution in [0.4, 0.5) is 0 Å². The summed E-state index contributed by atoms with van der Waals surface area (Å²) in [6.45, 7) is 0. The van der Waals surface area contributed by atoms with Crippen molar-refractivity contribution in [3.05, 3.63) is 59.7 Å². The molecule has 0 atom stereocenters. The number of halogens is 2. The molecular formula is C16H12Br2. The summed E-state index contributed by atoms with van der Waals surface area (Å²) < 4.78 is 0. The molecule has 0 nitrogen and oxygen atoms in total. The van der Waals surface area contributed by atoms with Crippen LogP contribution in [0, 0.1) is 0 Å². The van der Waals surface area contributed by atoms with Crippen molar-refractivity contribution in [1.29, 1.82) is 0 Å². The maximum atomic E-state index is 3.51. The maximum Gasteiger partial charge on any atom is 0.0283 e. The van der Waals surface area contributed by atoms with Gasteiger partial charge in [-0.2, -0.15) is 0 Å². The number of hydrogen-bond donors (Lipinski definition) is 0. The number of alkyl halides is 2. The molecule has 2 heteroatoms. The van der Waals surface area contributed by atoms with E-state index in [4.69, 9.17) is 0 Å². The Labute approximate surface area is 123 Å². The van der Waals surface area contributed by atoms with E-state index in [1.165, 1.54) is 32.7 Å². The second kappa shape index (κ2) is 5.02. The van der Waals surface area contributed by atoms with E-state index >= 15 is 0 Å². The highest BCUT2D eigenvalue weighted by Crippen LogP contribution is 2.25. The van der Waals surface area contributed by atoms with Gasteiger partial charge in [-0.3, -0.25) is 0 Å². The Hall–Kier alpha value is -0.860. The van der Waals surface area contributed by atoms with Gasteiger partial charge >= 0.3 is 0 Å². The smallest absolute Gasteiger partial charge is 0.0283 e. The Morgan fingerprint density at radius 3 is 1.44 bits per heavy atom. The third kappa shape index (κ3) is 2.19. The molecule has 3 aromatic carbocycles. The first-order chi connectivity index (χ1) is 8.80. The van der Waals surface area contributed by atoms with Crippen LogP contribution in [-0.2, 0) is 10.7 Å². The lowest BCUT2D eigenvalue weighted by atomic mass is 10.0. The molecule has 3 aromatic rings. The van der Waals surface area contributed by atoms with E-state index in [-0.39, 0.29) is 0 Å². The molecule has 0 aromatic heterocycles. The van der Waals surface area contributed by atoms with E-state index in [0.29, 0.717) is 0 Å². The van der Waals surface area contributed by atoms with Crippen LogP contribution in [0.5, 0.6) is 0 Å². The molecule has 0 radical (unpaired) electrons. The van der Waals surface area contributed by atoms with Crippen LogP contribution in [0.2, 0.25) is 0 Å². The van der Waals surface area contributed by atoms with E-state index in [1.807, 2.05) is 0 Å². The molecule has 0 aliphatic rings. The lowest BCUT2D eigenvalue weighted by molar-refractivity contribution is 1.46. The summed E-state index contributed by atoms with van der Waals surface area (Å²) in [6, 6.07) is 17.8. The van der Waals surface area contributed by atoms with Crippen molar-refractivity contribution in [2.75, 3.05) is 0 Å². The molecule has 3 rings (SSSR count). The molecule has 0 saturated carbocycles. The van der Waals surface area contributed by atoms with Gasteiger partial charge in [-0.15, -0.1) is 0 Å². The van der Waals surface area contributed by atoms with E-state index in [2.05, 4.69) is 80.4 Å². The molecule has 18 heavy (non-hydrogen) atoms. The van der Waals surface area contributed by atoms with Crippen LogP contribution in [0.15, 0.2) is 48.5 Å². The molecule has 0 aliphatic carbocycles. The molecule has 90 valence electrons. The monoisotopic (exact) mass is 362 g/mol. The van der Waals surface area contributed by atoms with Gasteiger partial charge in [0, 0.05) is 10.7 Å². The van der Waals surface area contributed by atoms with Gasteiger partial charge in [-0.05, 0) is 44.8 Å². The Balaban J connectivity index is 2.29. The van der Waals surface area contributed by atoms with E-state index < -0.39 is 0 Å². The average molecular weight is 364 g/mol. The average Bonchev–Trinajstić information content (AvgIpc) is 2.43. The van der Waals surface area contributed by atoms with Crippen LogP contribution >= 0.6 is 31.9 Å². The third-order valence-corrected chi connectivity index (χ3v) is 4.53. The van der Waals surface area contributed by atoms with Crippen molar-refractivity contribution >= 4 is 53.4 Å². The standard InChI is InChI=1S/C16H12Br2/c17-9-11-1-3-13-7-14-4-2-12(10-18)6-16(14)8-15(13)5-11/h1-8H,9-10H2. The summed E-state index contributed by atoms with van der Waals surface area (Å²) >= 11 is 7.02. The molecule has 0 amide bonds. The largest absolute Gasteiger partial charge is 0.0876 e. The highest BCUT2D eigenvalue weighted by Gasteiger charge is 2.00. The predicted octanol–water partition coefficient (Wildman–Crippen LogP) is 5.78. The Morgan fingerprint density at radius 2 is 1.00 bits per heavy atom. The zero-order valence-electron chi connectivity index (χ0n) is 9.79. The molecule has 0 heterocycles. The molecule has 0 bridgehead atoms. The quantitative estimate of drug-likeness (QED) is 0.399.